The molecule has 0 aromatic rings. The molecule has 0 rings (SSSR count). The van der Waals surface area contributed by atoms with E-state index in [4.69, 9.17) is 39.7 Å². The second-order valence-corrected chi connectivity index (χ2v) is 10.7. The van der Waals surface area contributed by atoms with Crippen molar-refractivity contribution in [1.29, 1.82) is 0 Å². The standard InChI is InChI=1S/C25H46O6.C3H8O3.2C3H6O2/c1-4-7-8-9-10-11-12-13-14-15-16-17-18-19-25(28)30-21-22(31-24(27)6-3)20-29-23(26)5-2;4-1-3(6)2-5;2*1-2-3(4)5/h22H,4-21H2,1-3H3;3-6H,1-2H2;2*2H2,1H3,(H,4,5). The minimum absolute atomic E-state index is 0.0833. The predicted molar refractivity (Wildman–Crippen MR) is 179 cm³/mol. The van der Waals surface area contributed by atoms with Crippen LogP contribution in [0.4, 0.5) is 0 Å². The number of aliphatic hydroxyl groups excluding tert-OH is 3. The van der Waals surface area contributed by atoms with Gasteiger partial charge in [-0.05, 0) is 6.42 Å². The molecule has 47 heavy (non-hydrogen) atoms. The quantitative estimate of drug-likeness (QED) is 0.0452. The van der Waals surface area contributed by atoms with Gasteiger partial charge in [-0.25, -0.2) is 0 Å². The van der Waals surface area contributed by atoms with Crippen LogP contribution in [0.3, 0.4) is 0 Å². The van der Waals surface area contributed by atoms with Crippen molar-refractivity contribution in [2.45, 2.75) is 162 Å². The average Bonchev–Trinajstić information content (AvgIpc) is 3.07. The van der Waals surface area contributed by atoms with Crippen LogP contribution in [0.5, 0.6) is 0 Å². The molecule has 0 spiro atoms. The zero-order valence-corrected chi connectivity index (χ0v) is 29.7. The Kier molecular flexibility index (Phi) is 44.8. The molecule has 1 atom stereocenters. The molecule has 0 saturated carbocycles. The number of carbonyl (C=O) groups excluding carboxylic acids is 3. The van der Waals surface area contributed by atoms with Crippen LogP contribution in [-0.4, -0.2) is 94.0 Å². The summed E-state index contributed by atoms with van der Waals surface area (Å²) >= 11 is 0. The van der Waals surface area contributed by atoms with E-state index < -0.39 is 30.1 Å². The lowest BCUT2D eigenvalue weighted by Gasteiger charge is -2.17. The van der Waals surface area contributed by atoms with Gasteiger partial charge in [0.05, 0.1) is 13.2 Å². The fourth-order valence-corrected chi connectivity index (χ4v) is 3.28. The molecule has 0 bridgehead atoms. The zero-order chi connectivity index (χ0) is 36.7. The number of hydrogen-bond acceptors (Lipinski definition) is 11. The van der Waals surface area contributed by atoms with E-state index in [2.05, 4.69) is 6.92 Å². The van der Waals surface area contributed by atoms with Crippen LogP contribution in [0, 0.1) is 0 Å². The van der Waals surface area contributed by atoms with Gasteiger partial charge in [0.25, 0.3) is 0 Å². The van der Waals surface area contributed by atoms with Crippen molar-refractivity contribution in [3.63, 3.8) is 0 Å². The maximum absolute atomic E-state index is 11.9. The van der Waals surface area contributed by atoms with Gasteiger partial charge >= 0.3 is 29.8 Å². The topological polar surface area (TPSA) is 214 Å². The molecule has 0 amide bonds. The number of carboxylic acids is 2. The third-order valence-corrected chi connectivity index (χ3v) is 6.25. The number of aliphatic carboxylic acids is 2. The van der Waals surface area contributed by atoms with Crippen LogP contribution in [0.1, 0.15) is 150 Å². The first-order chi connectivity index (χ1) is 22.4. The molecule has 0 aliphatic carbocycles. The second kappa shape index (κ2) is 41.3. The van der Waals surface area contributed by atoms with E-state index in [1.54, 1.807) is 27.7 Å². The number of ether oxygens (including phenoxy) is 3. The number of rotatable bonds is 25. The summed E-state index contributed by atoms with van der Waals surface area (Å²) in [6.07, 6.45) is 15.9. The van der Waals surface area contributed by atoms with E-state index in [9.17, 15) is 24.0 Å². The summed E-state index contributed by atoms with van der Waals surface area (Å²) in [5.74, 6) is -2.58. The summed E-state index contributed by atoms with van der Waals surface area (Å²) in [7, 11) is 0. The third-order valence-electron chi connectivity index (χ3n) is 6.25. The van der Waals surface area contributed by atoms with Gasteiger partial charge in [-0.15, -0.1) is 0 Å². The van der Waals surface area contributed by atoms with Crippen molar-refractivity contribution >= 4 is 29.8 Å². The molecule has 0 radical (unpaired) electrons. The third kappa shape index (κ3) is 50.3. The number of aliphatic hydroxyl groups is 3. The Balaban J connectivity index is -0.000000470. The van der Waals surface area contributed by atoms with Crippen molar-refractivity contribution < 1.29 is 63.7 Å². The molecule has 5 N–H and O–H groups in total. The van der Waals surface area contributed by atoms with Crippen LogP contribution < -0.4 is 0 Å². The van der Waals surface area contributed by atoms with E-state index in [-0.39, 0.29) is 64.0 Å². The van der Waals surface area contributed by atoms with E-state index in [0.717, 1.165) is 19.3 Å². The lowest BCUT2D eigenvalue weighted by atomic mass is 10.0. The van der Waals surface area contributed by atoms with Gasteiger partial charge in [0.15, 0.2) is 6.10 Å². The number of esters is 3. The Morgan fingerprint density at radius 1 is 0.511 bits per heavy atom. The molecule has 0 aliphatic heterocycles. The highest BCUT2D eigenvalue weighted by atomic mass is 16.6. The van der Waals surface area contributed by atoms with Gasteiger partial charge in [-0.2, -0.15) is 0 Å². The first-order valence-electron chi connectivity index (χ1n) is 17.2. The maximum Gasteiger partial charge on any atom is 0.306 e. The monoisotopic (exact) mass is 682 g/mol. The zero-order valence-electron chi connectivity index (χ0n) is 29.7. The minimum atomic E-state index is -0.954. The highest BCUT2D eigenvalue weighted by molar-refractivity contribution is 5.70. The fraction of sp³-hybridized carbons (Fsp3) is 0.853. The number of carbonyl (C=O) groups is 5. The van der Waals surface area contributed by atoms with E-state index in [0.29, 0.717) is 6.42 Å². The van der Waals surface area contributed by atoms with Gasteiger partial charge in [-0.3, -0.25) is 24.0 Å². The average molecular weight is 683 g/mol. The lowest BCUT2D eigenvalue weighted by Crippen LogP contribution is -2.30. The normalized spacial score (nSPS) is 10.6. The number of unbranched alkanes of at least 4 members (excludes halogenated alkanes) is 12. The van der Waals surface area contributed by atoms with Crippen LogP contribution in [0.15, 0.2) is 0 Å². The van der Waals surface area contributed by atoms with Crippen LogP contribution in [0.25, 0.3) is 0 Å². The van der Waals surface area contributed by atoms with Crippen molar-refractivity contribution in [1.82, 2.24) is 0 Å². The largest absolute Gasteiger partial charge is 0.481 e. The molecule has 13 heteroatoms. The molecular weight excluding hydrogens is 616 g/mol. The molecule has 0 heterocycles. The lowest BCUT2D eigenvalue weighted by molar-refractivity contribution is -0.166. The van der Waals surface area contributed by atoms with Gasteiger partial charge < -0.3 is 39.7 Å². The number of hydrogen-bond donors (Lipinski definition) is 5. The first-order valence-corrected chi connectivity index (χ1v) is 17.2. The Bertz CT molecular complexity index is 726. The Labute approximate surface area is 282 Å². The maximum atomic E-state index is 11.9. The van der Waals surface area contributed by atoms with Crippen molar-refractivity contribution in [2.24, 2.45) is 0 Å². The second-order valence-electron chi connectivity index (χ2n) is 10.7. The van der Waals surface area contributed by atoms with Gasteiger partial charge in [-0.1, -0.05) is 112 Å². The van der Waals surface area contributed by atoms with Crippen LogP contribution in [-0.2, 0) is 38.2 Å². The molecule has 0 aromatic carbocycles. The smallest absolute Gasteiger partial charge is 0.306 e. The summed E-state index contributed by atoms with van der Waals surface area (Å²) < 4.78 is 15.4. The minimum Gasteiger partial charge on any atom is -0.481 e. The van der Waals surface area contributed by atoms with E-state index >= 15 is 0 Å². The van der Waals surface area contributed by atoms with Gasteiger partial charge in [0, 0.05) is 32.1 Å². The summed E-state index contributed by atoms with van der Waals surface area (Å²) in [6, 6.07) is 0. The van der Waals surface area contributed by atoms with Crippen molar-refractivity contribution in [3.8, 4) is 0 Å². The Morgan fingerprint density at radius 3 is 1.15 bits per heavy atom. The van der Waals surface area contributed by atoms with Crippen LogP contribution in [0.2, 0.25) is 0 Å². The molecular formula is C34H66O13. The molecule has 0 fully saturated rings. The Hall–Kier alpha value is -2.77. The number of carboxylic acid groups (broad SMARTS) is 2. The molecule has 0 aromatic heterocycles. The van der Waals surface area contributed by atoms with Gasteiger partial charge in [0.1, 0.15) is 19.3 Å². The molecule has 0 saturated heterocycles. The Morgan fingerprint density at radius 2 is 0.851 bits per heavy atom. The highest BCUT2D eigenvalue weighted by Crippen LogP contribution is 2.13. The first kappa shape index (κ1) is 51.1. The summed E-state index contributed by atoms with van der Waals surface area (Å²) in [5, 5.41) is 39.5. The summed E-state index contributed by atoms with van der Waals surface area (Å²) in [6.45, 7) is 7.91. The summed E-state index contributed by atoms with van der Waals surface area (Å²) in [5.41, 5.74) is 0. The predicted octanol–water partition coefficient (Wildman–Crippen LogP) is 5.58. The van der Waals surface area contributed by atoms with Crippen LogP contribution >= 0.6 is 0 Å². The molecule has 280 valence electrons. The van der Waals surface area contributed by atoms with E-state index in [1.807, 2.05) is 0 Å². The molecule has 13 nitrogen and oxygen atoms in total. The highest BCUT2D eigenvalue weighted by Gasteiger charge is 2.18. The van der Waals surface area contributed by atoms with Gasteiger partial charge in [0.2, 0.25) is 0 Å². The fourth-order valence-electron chi connectivity index (χ4n) is 3.28. The molecule has 0 aliphatic rings. The SMILES string of the molecule is CCC(=O)O.CCC(=O)O.CCCCCCCCCCCCCCCC(=O)OCC(COC(=O)CC)OC(=O)CC.OCC(O)CO. The van der Waals surface area contributed by atoms with Crippen molar-refractivity contribution in [2.75, 3.05) is 26.4 Å². The summed E-state index contributed by atoms with van der Waals surface area (Å²) in [4.78, 5) is 53.4. The van der Waals surface area contributed by atoms with Crippen molar-refractivity contribution in [3.05, 3.63) is 0 Å². The molecule has 1 unspecified atom stereocenters. The van der Waals surface area contributed by atoms with E-state index in [1.165, 1.54) is 64.2 Å².